The van der Waals surface area contributed by atoms with Gasteiger partial charge >= 0.3 is 11.9 Å². The Morgan fingerprint density at radius 1 is 0.698 bits per heavy atom. The second-order valence-electron chi connectivity index (χ2n) is 14.3. The molecule has 0 spiro atoms. The zero-order valence-corrected chi connectivity index (χ0v) is 24.3. The van der Waals surface area contributed by atoms with E-state index in [1.807, 2.05) is 30.3 Å². The lowest BCUT2D eigenvalue weighted by Gasteiger charge is -2.60. The monoisotopic (exact) mass is 568 g/mol. The van der Waals surface area contributed by atoms with E-state index in [1.54, 1.807) is 0 Å². The molecule has 0 N–H and O–H groups in total. The molecule has 4 saturated carbocycles. The predicted octanol–water partition coefficient (Wildman–Crippen LogP) is 8.17. The molecule has 0 amide bonds. The summed E-state index contributed by atoms with van der Waals surface area (Å²) < 4.78 is 12.6. The summed E-state index contributed by atoms with van der Waals surface area (Å²) in [5.41, 5.74) is 4.66. The average Bonchev–Trinajstić information content (AvgIpc) is 3.03. The van der Waals surface area contributed by atoms with Gasteiger partial charge in [0.25, 0.3) is 0 Å². The summed E-state index contributed by atoms with van der Waals surface area (Å²) in [6, 6.07) is 31.3. The third kappa shape index (κ3) is 3.88. The van der Waals surface area contributed by atoms with Crippen molar-refractivity contribution in [1.29, 1.82) is 0 Å². The Kier molecular flexibility index (Phi) is 5.52. The van der Waals surface area contributed by atoms with Crippen LogP contribution < -0.4 is 4.74 Å². The van der Waals surface area contributed by atoms with Crippen molar-refractivity contribution in [3.05, 3.63) is 113 Å². The number of ether oxygens (including phenoxy) is 2. The summed E-state index contributed by atoms with van der Waals surface area (Å²) in [6.45, 7) is 0.416. The first-order chi connectivity index (χ1) is 21.0. The molecule has 0 heterocycles. The minimum absolute atomic E-state index is 0.0447. The van der Waals surface area contributed by atoms with Gasteiger partial charge in [0.05, 0.1) is 17.9 Å². The lowest BCUT2D eigenvalue weighted by Crippen LogP contribution is -2.57. The Balaban J connectivity index is 0.963. The fourth-order valence-electron chi connectivity index (χ4n) is 10.6. The molecule has 11 rings (SSSR count). The SMILES string of the molecule is O=C(OCC12CC3CC(C1)CC(C(=O)Oc1cccc4ccccc14)(C3)C2)C1CC2c3ccccc3C1c1ccccc12. The number of hydrogen-bond acceptors (Lipinski definition) is 4. The molecule has 6 bridgehead atoms. The molecule has 7 aliphatic carbocycles. The van der Waals surface area contributed by atoms with Crippen LogP contribution in [-0.2, 0) is 14.3 Å². The smallest absolute Gasteiger partial charge is 0.317 e. The second-order valence-corrected chi connectivity index (χ2v) is 14.3. The summed E-state index contributed by atoms with van der Waals surface area (Å²) >= 11 is 0. The second kappa shape index (κ2) is 9.29. The van der Waals surface area contributed by atoms with E-state index in [-0.39, 0.29) is 35.1 Å². The zero-order valence-electron chi connectivity index (χ0n) is 24.3. The number of carbonyl (C=O) groups excluding carboxylic acids is 2. The maximum atomic E-state index is 14.0. The highest BCUT2D eigenvalue weighted by Gasteiger charge is 2.62. The minimum Gasteiger partial charge on any atom is -0.465 e. The molecular formula is C39H36O4. The van der Waals surface area contributed by atoms with E-state index in [9.17, 15) is 9.59 Å². The van der Waals surface area contributed by atoms with Crippen LogP contribution in [0.15, 0.2) is 91.0 Å². The van der Waals surface area contributed by atoms with E-state index in [1.165, 1.54) is 28.7 Å². The number of rotatable bonds is 5. The van der Waals surface area contributed by atoms with E-state index < -0.39 is 5.41 Å². The van der Waals surface area contributed by atoms with Gasteiger partial charge in [0.15, 0.2) is 0 Å². The standard InChI is InChI=1S/C39H36O4/c40-36(33-17-32-28-11-3-5-13-30(28)35(33)31-14-6-4-12-29(31)32)42-23-38-18-24-16-25(19-38)21-39(20-24,22-38)37(41)43-34-15-7-9-26-8-1-2-10-27(26)34/h1-15,24-25,32-33,35H,16-23H2. The first-order valence-corrected chi connectivity index (χ1v) is 16.1. The van der Waals surface area contributed by atoms with Gasteiger partial charge in [-0.25, -0.2) is 0 Å². The molecule has 0 saturated heterocycles. The fourth-order valence-corrected chi connectivity index (χ4v) is 10.6. The molecule has 4 aromatic carbocycles. The fraction of sp³-hybridized carbons (Fsp3) is 0.385. The van der Waals surface area contributed by atoms with Crippen LogP contribution in [0.4, 0.5) is 0 Å². The van der Waals surface area contributed by atoms with Crippen LogP contribution in [0.25, 0.3) is 10.8 Å². The van der Waals surface area contributed by atoms with Crippen molar-refractivity contribution in [2.75, 3.05) is 6.61 Å². The topological polar surface area (TPSA) is 52.6 Å². The number of benzene rings is 4. The van der Waals surface area contributed by atoms with Crippen molar-refractivity contribution >= 4 is 22.7 Å². The van der Waals surface area contributed by atoms with Gasteiger partial charge in [-0.3, -0.25) is 9.59 Å². The summed E-state index contributed by atoms with van der Waals surface area (Å²) in [5, 5.41) is 2.04. The Bertz CT molecular complexity index is 1720. The van der Waals surface area contributed by atoms with Crippen molar-refractivity contribution in [1.82, 2.24) is 0 Å². The van der Waals surface area contributed by atoms with E-state index in [0.29, 0.717) is 24.2 Å². The Morgan fingerprint density at radius 2 is 1.33 bits per heavy atom. The van der Waals surface area contributed by atoms with E-state index in [2.05, 4.69) is 60.7 Å². The van der Waals surface area contributed by atoms with Crippen LogP contribution in [0.1, 0.15) is 79.0 Å². The molecule has 43 heavy (non-hydrogen) atoms. The van der Waals surface area contributed by atoms with Crippen molar-refractivity contribution < 1.29 is 19.1 Å². The van der Waals surface area contributed by atoms with E-state index in [0.717, 1.165) is 49.3 Å². The van der Waals surface area contributed by atoms with Crippen LogP contribution in [0.5, 0.6) is 5.75 Å². The van der Waals surface area contributed by atoms with Gasteiger partial charge < -0.3 is 9.47 Å². The minimum atomic E-state index is -0.491. The zero-order chi connectivity index (χ0) is 28.8. The van der Waals surface area contributed by atoms with E-state index in [4.69, 9.17) is 9.47 Å². The maximum Gasteiger partial charge on any atom is 0.317 e. The van der Waals surface area contributed by atoms with Gasteiger partial charge in [0.1, 0.15) is 5.75 Å². The van der Waals surface area contributed by atoms with Gasteiger partial charge in [-0.15, -0.1) is 0 Å². The third-order valence-corrected chi connectivity index (χ3v) is 11.7. The molecule has 4 nitrogen and oxygen atoms in total. The summed E-state index contributed by atoms with van der Waals surface area (Å²) in [5.74, 6) is 1.58. The van der Waals surface area contributed by atoms with Crippen LogP contribution in [0.2, 0.25) is 0 Å². The molecule has 4 fully saturated rings. The van der Waals surface area contributed by atoms with Crippen molar-refractivity contribution in [2.24, 2.45) is 28.6 Å². The molecule has 0 radical (unpaired) electrons. The number of esters is 2. The number of fused-ring (bicyclic) bond motifs is 2. The van der Waals surface area contributed by atoms with Gasteiger partial charge in [-0.05, 0) is 90.5 Å². The normalized spacial score (nSPS) is 32.7. The average molecular weight is 569 g/mol. The predicted molar refractivity (Wildman–Crippen MR) is 165 cm³/mol. The number of hydrogen-bond donors (Lipinski definition) is 0. The molecular weight excluding hydrogens is 532 g/mol. The molecule has 216 valence electrons. The lowest BCUT2D eigenvalue weighted by molar-refractivity contribution is -0.183. The molecule has 3 atom stereocenters. The highest BCUT2D eigenvalue weighted by molar-refractivity contribution is 5.91. The highest BCUT2D eigenvalue weighted by Crippen LogP contribution is 2.66. The van der Waals surface area contributed by atoms with Crippen molar-refractivity contribution in [3.63, 3.8) is 0 Å². The summed E-state index contributed by atoms with van der Waals surface area (Å²) in [6.07, 6.45) is 6.61. The Labute approximate surface area is 252 Å². The van der Waals surface area contributed by atoms with Crippen molar-refractivity contribution in [3.8, 4) is 5.75 Å². The van der Waals surface area contributed by atoms with Crippen molar-refractivity contribution in [2.45, 2.75) is 56.8 Å². The number of carbonyl (C=O) groups is 2. The van der Waals surface area contributed by atoms with Gasteiger partial charge in [0, 0.05) is 22.6 Å². The first kappa shape index (κ1) is 25.6. The van der Waals surface area contributed by atoms with Crippen LogP contribution >= 0.6 is 0 Å². The molecule has 0 aliphatic heterocycles. The molecule has 4 heteroatoms. The highest BCUT2D eigenvalue weighted by atomic mass is 16.5. The largest absolute Gasteiger partial charge is 0.465 e. The maximum absolute atomic E-state index is 14.0. The van der Waals surface area contributed by atoms with Gasteiger partial charge in [-0.2, -0.15) is 0 Å². The van der Waals surface area contributed by atoms with Gasteiger partial charge in [-0.1, -0.05) is 84.9 Å². The van der Waals surface area contributed by atoms with Crippen LogP contribution in [0.3, 0.4) is 0 Å². The Hall–Kier alpha value is -3.92. The Morgan fingerprint density at radius 3 is 2.05 bits per heavy atom. The molecule has 4 aromatic rings. The molecule has 7 aliphatic rings. The lowest BCUT2D eigenvalue weighted by atomic mass is 9.44. The summed E-state index contributed by atoms with van der Waals surface area (Å²) in [7, 11) is 0. The summed E-state index contributed by atoms with van der Waals surface area (Å²) in [4.78, 5) is 28.0. The molecule has 3 unspecified atom stereocenters. The quantitative estimate of drug-likeness (QED) is 0.180. The van der Waals surface area contributed by atoms with E-state index >= 15 is 0 Å². The first-order valence-electron chi connectivity index (χ1n) is 16.1. The third-order valence-electron chi connectivity index (χ3n) is 11.7. The molecule has 0 aromatic heterocycles. The van der Waals surface area contributed by atoms with Gasteiger partial charge in [0.2, 0.25) is 0 Å². The van der Waals surface area contributed by atoms with Crippen LogP contribution in [-0.4, -0.2) is 18.5 Å². The van der Waals surface area contributed by atoms with Crippen LogP contribution in [0, 0.1) is 28.6 Å².